The van der Waals surface area contributed by atoms with Crippen LogP contribution in [0.4, 0.5) is 0 Å². The van der Waals surface area contributed by atoms with E-state index >= 15 is 0 Å². The Morgan fingerprint density at radius 1 is 0.909 bits per heavy atom. The van der Waals surface area contributed by atoms with Crippen LogP contribution in [0.5, 0.6) is 0 Å². The maximum atomic E-state index is 11.8. The Labute approximate surface area is 129 Å². The molecule has 22 heavy (non-hydrogen) atoms. The van der Waals surface area contributed by atoms with Gasteiger partial charge in [0.05, 0.1) is 0 Å². The van der Waals surface area contributed by atoms with Gasteiger partial charge in [-0.1, -0.05) is 0 Å². The number of nitrogens with one attached hydrogen (secondary N) is 2. The van der Waals surface area contributed by atoms with Crippen molar-refractivity contribution in [3.05, 3.63) is 0 Å². The van der Waals surface area contributed by atoms with Crippen molar-refractivity contribution in [2.45, 2.75) is 51.6 Å². The first-order valence-electron chi connectivity index (χ1n) is 7.55. The summed E-state index contributed by atoms with van der Waals surface area (Å²) in [6, 6.07) is 0.0778. The van der Waals surface area contributed by atoms with E-state index in [0.29, 0.717) is 12.8 Å². The second-order valence-corrected chi connectivity index (χ2v) is 5.92. The highest BCUT2D eigenvalue weighted by Gasteiger charge is 2.30. The highest BCUT2D eigenvalue weighted by molar-refractivity contribution is 5.89. The molecule has 122 valence electrons. The van der Waals surface area contributed by atoms with E-state index in [0.717, 1.165) is 12.8 Å². The highest BCUT2D eigenvalue weighted by atomic mass is 16.2. The van der Waals surface area contributed by atoms with Crippen LogP contribution in [0.2, 0.25) is 0 Å². The van der Waals surface area contributed by atoms with E-state index in [9.17, 15) is 19.2 Å². The zero-order chi connectivity index (χ0) is 16.3. The molecule has 8 heteroatoms. The number of nitrogens with zero attached hydrogens (tertiary/aromatic N) is 2. The van der Waals surface area contributed by atoms with E-state index in [1.165, 1.54) is 9.80 Å². The van der Waals surface area contributed by atoms with Crippen molar-refractivity contribution in [1.29, 1.82) is 0 Å². The Bertz CT molecular complexity index is 449. The number of carbonyl (C=O) groups is 4. The normalized spacial score (nSPS) is 24.8. The second kappa shape index (κ2) is 6.76. The van der Waals surface area contributed by atoms with Gasteiger partial charge < -0.3 is 9.80 Å². The second-order valence-electron chi connectivity index (χ2n) is 5.92. The summed E-state index contributed by atoms with van der Waals surface area (Å²) in [7, 11) is 0. The van der Waals surface area contributed by atoms with Crippen LogP contribution >= 0.6 is 0 Å². The minimum Gasteiger partial charge on any atom is -0.331 e. The SMILES string of the molecule is CC1CCC(=O)N1CC(=O)NNC(=O)CN1C(=O)CCC1C. The lowest BCUT2D eigenvalue weighted by Crippen LogP contribution is -2.51. The van der Waals surface area contributed by atoms with E-state index in [1.807, 2.05) is 13.8 Å². The van der Waals surface area contributed by atoms with Gasteiger partial charge in [-0.05, 0) is 26.7 Å². The summed E-state index contributed by atoms with van der Waals surface area (Å²) in [5.41, 5.74) is 4.57. The molecular weight excluding hydrogens is 288 g/mol. The third-order valence-corrected chi connectivity index (χ3v) is 4.23. The van der Waals surface area contributed by atoms with E-state index in [4.69, 9.17) is 0 Å². The van der Waals surface area contributed by atoms with Gasteiger partial charge in [0.15, 0.2) is 0 Å². The fourth-order valence-electron chi connectivity index (χ4n) is 2.77. The lowest BCUT2D eigenvalue weighted by molar-refractivity contribution is -0.137. The van der Waals surface area contributed by atoms with Crippen molar-refractivity contribution < 1.29 is 19.2 Å². The number of hydrazine groups is 1. The van der Waals surface area contributed by atoms with Crippen molar-refractivity contribution in [1.82, 2.24) is 20.7 Å². The molecule has 0 aromatic rings. The van der Waals surface area contributed by atoms with Gasteiger partial charge >= 0.3 is 0 Å². The van der Waals surface area contributed by atoms with E-state index < -0.39 is 11.8 Å². The largest absolute Gasteiger partial charge is 0.331 e. The first kappa shape index (κ1) is 16.3. The van der Waals surface area contributed by atoms with Crippen LogP contribution in [0.1, 0.15) is 39.5 Å². The Morgan fingerprint density at radius 3 is 1.55 bits per heavy atom. The van der Waals surface area contributed by atoms with Gasteiger partial charge in [-0.3, -0.25) is 30.0 Å². The molecule has 4 amide bonds. The number of likely N-dealkylation sites (tertiary alicyclic amines) is 2. The van der Waals surface area contributed by atoms with Crippen LogP contribution in [0.25, 0.3) is 0 Å². The predicted octanol–water partition coefficient (Wildman–Crippen LogP) is -0.844. The summed E-state index contributed by atoms with van der Waals surface area (Å²) in [6.45, 7) is 3.63. The molecule has 8 nitrogen and oxygen atoms in total. The number of carbonyl (C=O) groups excluding carboxylic acids is 4. The zero-order valence-electron chi connectivity index (χ0n) is 12.9. The Hall–Kier alpha value is -2.12. The van der Waals surface area contributed by atoms with Crippen molar-refractivity contribution in [3.63, 3.8) is 0 Å². The molecule has 2 N–H and O–H groups in total. The summed E-state index contributed by atoms with van der Waals surface area (Å²) in [6.07, 6.45) is 2.40. The quantitative estimate of drug-likeness (QED) is 0.661. The average molecular weight is 310 g/mol. The standard InChI is InChI=1S/C14H22N4O4/c1-9-3-5-13(21)17(9)7-11(19)15-16-12(20)8-18-10(2)4-6-14(18)22/h9-10H,3-8H2,1-2H3,(H,15,19)(H,16,20). The lowest BCUT2D eigenvalue weighted by atomic mass is 10.2. The minimum absolute atomic E-state index is 0.0389. The van der Waals surface area contributed by atoms with Crippen LogP contribution in [-0.2, 0) is 19.2 Å². The molecule has 2 aliphatic rings. The summed E-state index contributed by atoms with van der Waals surface area (Å²) < 4.78 is 0. The average Bonchev–Trinajstić information content (AvgIpc) is 2.95. The van der Waals surface area contributed by atoms with Crippen molar-refractivity contribution in [2.24, 2.45) is 0 Å². The van der Waals surface area contributed by atoms with Gasteiger partial charge in [-0.2, -0.15) is 0 Å². The van der Waals surface area contributed by atoms with E-state index in [1.54, 1.807) is 0 Å². The monoisotopic (exact) mass is 310 g/mol. The van der Waals surface area contributed by atoms with Gasteiger partial charge in [-0.15, -0.1) is 0 Å². The van der Waals surface area contributed by atoms with Crippen LogP contribution in [0.15, 0.2) is 0 Å². The maximum absolute atomic E-state index is 11.8. The molecule has 0 aromatic carbocycles. The zero-order valence-corrected chi connectivity index (χ0v) is 12.9. The minimum atomic E-state index is -0.448. The maximum Gasteiger partial charge on any atom is 0.258 e. The van der Waals surface area contributed by atoms with Gasteiger partial charge in [0.1, 0.15) is 13.1 Å². The van der Waals surface area contributed by atoms with E-state index in [-0.39, 0.29) is 37.0 Å². The molecular formula is C14H22N4O4. The van der Waals surface area contributed by atoms with Gasteiger partial charge in [0, 0.05) is 24.9 Å². The molecule has 0 aliphatic carbocycles. The molecule has 2 rings (SSSR count). The van der Waals surface area contributed by atoms with Crippen LogP contribution in [0.3, 0.4) is 0 Å². The Morgan fingerprint density at radius 2 is 1.27 bits per heavy atom. The molecule has 2 fully saturated rings. The molecule has 2 saturated heterocycles. The van der Waals surface area contributed by atoms with Crippen molar-refractivity contribution in [3.8, 4) is 0 Å². The number of rotatable bonds is 4. The van der Waals surface area contributed by atoms with Crippen LogP contribution in [0, 0.1) is 0 Å². The van der Waals surface area contributed by atoms with Gasteiger partial charge in [0.25, 0.3) is 11.8 Å². The molecule has 0 bridgehead atoms. The van der Waals surface area contributed by atoms with Crippen molar-refractivity contribution in [2.75, 3.05) is 13.1 Å². The third-order valence-electron chi connectivity index (χ3n) is 4.23. The third kappa shape index (κ3) is 3.75. The molecule has 2 unspecified atom stereocenters. The summed E-state index contributed by atoms with van der Waals surface area (Å²) >= 11 is 0. The number of hydrogen-bond donors (Lipinski definition) is 2. The molecule has 2 atom stereocenters. The summed E-state index contributed by atoms with van der Waals surface area (Å²) in [4.78, 5) is 49.7. The molecule has 0 saturated carbocycles. The molecule has 2 heterocycles. The summed E-state index contributed by atoms with van der Waals surface area (Å²) in [5, 5.41) is 0. The molecule has 0 spiro atoms. The first-order valence-corrected chi connectivity index (χ1v) is 7.55. The fourth-order valence-corrected chi connectivity index (χ4v) is 2.77. The Balaban J connectivity index is 1.73. The highest BCUT2D eigenvalue weighted by Crippen LogP contribution is 2.17. The molecule has 2 aliphatic heterocycles. The van der Waals surface area contributed by atoms with Gasteiger partial charge in [0.2, 0.25) is 11.8 Å². The predicted molar refractivity (Wildman–Crippen MR) is 77.1 cm³/mol. The number of amides is 4. The topological polar surface area (TPSA) is 98.8 Å². The van der Waals surface area contributed by atoms with Crippen molar-refractivity contribution >= 4 is 23.6 Å². The molecule has 0 radical (unpaired) electrons. The van der Waals surface area contributed by atoms with Crippen LogP contribution in [-0.4, -0.2) is 58.6 Å². The smallest absolute Gasteiger partial charge is 0.258 e. The summed E-state index contributed by atoms with van der Waals surface area (Å²) in [5.74, 6) is -0.997. The van der Waals surface area contributed by atoms with Gasteiger partial charge in [-0.25, -0.2) is 0 Å². The van der Waals surface area contributed by atoms with E-state index in [2.05, 4.69) is 10.9 Å². The first-order chi connectivity index (χ1) is 10.4. The Kier molecular flexibility index (Phi) is 4.99. The molecule has 0 aromatic heterocycles. The fraction of sp³-hybridized carbons (Fsp3) is 0.714. The number of hydrogen-bond acceptors (Lipinski definition) is 4. The van der Waals surface area contributed by atoms with Crippen LogP contribution < -0.4 is 10.9 Å². The lowest BCUT2D eigenvalue weighted by Gasteiger charge is -2.22.